The third-order valence-corrected chi connectivity index (χ3v) is 3.87. The summed E-state index contributed by atoms with van der Waals surface area (Å²) in [5, 5.41) is 6.00. The largest absolute Gasteiger partial charge is 0.347 e. The molecule has 0 aliphatic rings. The average Bonchev–Trinajstić information content (AvgIpc) is 2.55. The molecule has 2 N–H and O–H groups in total. The first kappa shape index (κ1) is 17.3. The van der Waals surface area contributed by atoms with Gasteiger partial charge in [-0.05, 0) is 30.2 Å². The lowest BCUT2D eigenvalue weighted by Gasteiger charge is -2.08. The fourth-order valence-electron chi connectivity index (χ4n) is 1.95. The summed E-state index contributed by atoms with van der Waals surface area (Å²) in [6.07, 6.45) is 0.977. The van der Waals surface area contributed by atoms with E-state index < -0.39 is 0 Å². The molecular formula is C17H16Cl2N2O2. The van der Waals surface area contributed by atoms with Gasteiger partial charge in [0.2, 0.25) is 11.8 Å². The molecule has 2 aromatic rings. The molecule has 0 radical (unpaired) electrons. The van der Waals surface area contributed by atoms with Gasteiger partial charge in [-0.1, -0.05) is 53.5 Å². The quantitative estimate of drug-likeness (QED) is 0.834. The Morgan fingerprint density at radius 3 is 2.35 bits per heavy atom. The van der Waals surface area contributed by atoms with Crippen molar-refractivity contribution in [3.05, 3.63) is 64.1 Å². The molecule has 0 atom stereocenters. The minimum Gasteiger partial charge on any atom is -0.347 e. The molecule has 2 amide bonds. The van der Waals surface area contributed by atoms with Crippen molar-refractivity contribution >= 4 is 40.7 Å². The first-order chi connectivity index (χ1) is 11.0. The third kappa shape index (κ3) is 5.93. The van der Waals surface area contributed by atoms with Crippen LogP contribution in [-0.4, -0.2) is 18.4 Å². The standard InChI is InChI=1S/C17H16Cl2N2O2/c18-14-8-7-13(10-15(14)19)21-17(23)11-20-16(22)9-6-12-4-2-1-3-5-12/h1-5,7-8,10H,6,9,11H2,(H,20,22)(H,21,23). The van der Waals surface area contributed by atoms with E-state index in [9.17, 15) is 9.59 Å². The Kier molecular flexibility index (Phi) is 6.44. The van der Waals surface area contributed by atoms with E-state index in [-0.39, 0.29) is 18.4 Å². The first-order valence-electron chi connectivity index (χ1n) is 7.10. The van der Waals surface area contributed by atoms with Gasteiger partial charge in [-0.2, -0.15) is 0 Å². The Labute approximate surface area is 144 Å². The second kappa shape index (κ2) is 8.56. The van der Waals surface area contributed by atoms with Crippen molar-refractivity contribution in [3.63, 3.8) is 0 Å². The summed E-state index contributed by atoms with van der Waals surface area (Å²) >= 11 is 11.7. The monoisotopic (exact) mass is 350 g/mol. The van der Waals surface area contributed by atoms with Gasteiger partial charge in [-0.3, -0.25) is 9.59 Å². The topological polar surface area (TPSA) is 58.2 Å². The molecule has 0 saturated heterocycles. The van der Waals surface area contributed by atoms with Gasteiger partial charge >= 0.3 is 0 Å². The van der Waals surface area contributed by atoms with Gasteiger partial charge in [0.15, 0.2) is 0 Å². The fraction of sp³-hybridized carbons (Fsp3) is 0.176. The molecule has 0 unspecified atom stereocenters. The number of benzene rings is 2. The van der Waals surface area contributed by atoms with E-state index in [0.29, 0.717) is 28.6 Å². The van der Waals surface area contributed by atoms with Gasteiger partial charge < -0.3 is 10.6 Å². The van der Waals surface area contributed by atoms with Crippen molar-refractivity contribution in [1.82, 2.24) is 5.32 Å². The van der Waals surface area contributed by atoms with Crippen molar-refractivity contribution in [2.75, 3.05) is 11.9 Å². The van der Waals surface area contributed by atoms with E-state index in [4.69, 9.17) is 23.2 Å². The highest BCUT2D eigenvalue weighted by Crippen LogP contribution is 2.24. The van der Waals surface area contributed by atoms with E-state index in [0.717, 1.165) is 5.56 Å². The second-order valence-electron chi connectivity index (χ2n) is 4.94. The number of carbonyl (C=O) groups is 2. The number of carbonyl (C=O) groups excluding carboxylic acids is 2. The van der Waals surface area contributed by atoms with Gasteiger partial charge in [0.05, 0.1) is 16.6 Å². The third-order valence-electron chi connectivity index (χ3n) is 3.13. The fourth-order valence-corrected chi connectivity index (χ4v) is 2.25. The molecule has 0 aliphatic heterocycles. The van der Waals surface area contributed by atoms with Crippen LogP contribution in [0, 0.1) is 0 Å². The van der Waals surface area contributed by atoms with E-state index >= 15 is 0 Å². The molecule has 0 spiro atoms. The number of halogens is 2. The number of aryl methyl sites for hydroxylation is 1. The Morgan fingerprint density at radius 1 is 0.913 bits per heavy atom. The molecule has 2 aromatic carbocycles. The highest BCUT2D eigenvalue weighted by molar-refractivity contribution is 6.42. The lowest BCUT2D eigenvalue weighted by atomic mass is 10.1. The van der Waals surface area contributed by atoms with Crippen molar-refractivity contribution in [2.24, 2.45) is 0 Å². The molecule has 23 heavy (non-hydrogen) atoms. The van der Waals surface area contributed by atoms with Crippen molar-refractivity contribution in [3.8, 4) is 0 Å². The first-order valence-corrected chi connectivity index (χ1v) is 7.86. The number of rotatable bonds is 6. The van der Waals surface area contributed by atoms with E-state index in [1.807, 2.05) is 30.3 Å². The number of hydrogen-bond donors (Lipinski definition) is 2. The predicted molar refractivity (Wildman–Crippen MR) is 92.9 cm³/mol. The summed E-state index contributed by atoms with van der Waals surface area (Å²) in [5.41, 5.74) is 1.62. The molecule has 0 fully saturated rings. The number of nitrogens with one attached hydrogen (secondary N) is 2. The van der Waals surface area contributed by atoms with Crippen LogP contribution in [0.15, 0.2) is 48.5 Å². The van der Waals surface area contributed by atoms with Crippen LogP contribution in [-0.2, 0) is 16.0 Å². The van der Waals surface area contributed by atoms with Gasteiger partial charge in [0.1, 0.15) is 0 Å². The maximum absolute atomic E-state index is 11.8. The van der Waals surface area contributed by atoms with Crippen LogP contribution in [0.25, 0.3) is 0 Å². The lowest BCUT2D eigenvalue weighted by molar-refractivity contribution is -0.124. The molecule has 2 rings (SSSR count). The van der Waals surface area contributed by atoms with Crippen LogP contribution in [0.4, 0.5) is 5.69 Å². The summed E-state index contributed by atoms with van der Waals surface area (Å²) in [6, 6.07) is 14.5. The average molecular weight is 351 g/mol. The van der Waals surface area contributed by atoms with Gasteiger partial charge in [0, 0.05) is 12.1 Å². The van der Waals surface area contributed by atoms with Crippen LogP contribution in [0.3, 0.4) is 0 Å². The Hall–Kier alpha value is -2.04. The van der Waals surface area contributed by atoms with Gasteiger partial charge in [-0.25, -0.2) is 0 Å². The van der Waals surface area contributed by atoms with E-state index in [1.54, 1.807) is 18.2 Å². The molecule has 0 aromatic heterocycles. The molecule has 120 valence electrons. The minimum absolute atomic E-state index is 0.0894. The zero-order chi connectivity index (χ0) is 16.7. The van der Waals surface area contributed by atoms with Crippen LogP contribution in [0.1, 0.15) is 12.0 Å². The molecule has 4 nitrogen and oxygen atoms in total. The molecule has 0 bridgehead atoms. The maximum Gasteiger partial charge on any atom is 0.243 e. The zero-order valence-electron chi connectivity index (χ0n) is 12.3. The summed E-state index contributed by atoms with van der Waals surface area (Å²) in [6.45, 7) is -0.0894. The second-order valence-corrected chi connectivity index (χ2v) is 5.75. The van der Waals surface area contributed by atoms with Crippen LogP contribution in [0.2, 0.25) is 10.0 Å². The number of anilines is 1. The maximum atomic E-state index is 11.8. The van der Waals surface area contributed by atoms with Crippen LogP contribution in [0.5, 0.6) is 0 Å². The summed E-state index contributed by atoms with van der Waals surface area (Å²) in [4.78, 5) is 23.5. The molecule has 0 saturated carbocycles. The summed E-state index contributed by atoms with van der Waals surface area (Å²) in [7, 11) is 0. The molecule has 0 aliphatic carbocycles. The lowest BCUT2D eigenvalue weighted by Crippen LogP contribution is -2.32. The van der Waals surface area contributed by atoms with Crippen LogP contribution >= 0.6 is 23.2 Å². The molecule has 6 heteroatoms. The summed E-state index contributed by atoms with van der Waals surface area (Å²) < 4.78 is 0. The van der Waals surface area contributed by atoms with Crippen molar-refractivity contribution < 1.29 is 9.59 Å². The molecular weight excluding hydrogens is 335 g/mol. The van der Waals surface area contributed by atoms with Gasteiger partial charge in [-0.15, -0.1) is 0 Å². The molecule has 0 heterocycles. The SMILES string of the molecule is O=C(CCc1ccccc1)NCC(=O)Nc1ccc(Cl)c(Cl)c1. The summed E-state index contributed by atoms with van der Waals surface area (Å²) in [5.74, 6) is -0.491. The van der Waals surface area contributed by atoms with E-state index in [2.05, 4.69) is 10.6 Å². The highest BCUT2D eigenvalue weighted by Gasteiger charge is 2.07. The highest BCUT2D eigenvalue weighted by atomic mass is 35.5. The number of amides is 2. The predicted octanol–water partition coefficient (Wildman–Crippen LogP) is 3.68. The Bertz CT molecular complexity index is 690. The normalized spacial score (nSPS) is 10.2. The van der Waals surface area contributed by atoms with Crippen molar-refractivity contribution in [2.45, 2.75) is 12.8 Å². The smallest absolute Gasteiger partial charge is 0.243 e. The Balaban J connectivity index is 1.73. The number of hydrogen-bond acceptors (Lipinski definition) is 2. The Morgan fingerprint density at radius 2 is 1.65 bits per heavy atom. The van der Waals surface area contributed by atoms with Crippen LogP contribution < -0.4 is 10.6 Å². The minimum atomic E-state index is -0.323. The van der Waals surface area contributed by atoms with Gasteiger partial charge in [0.25, 0.3) is 0 Å². The van der Waals surface area contributed by atoms with E-state index in [1.165, 1.54) is 0 Å². The zero-order valence-corrected chi connectivity index (χ0v) is 13.8. The van der Waals surface area contributed by atoms with Crippen molar-refractivity contribution in [1.29, 1.82) is 0 Å².